The molecule has 1 aliphatic heterocycles. The lowest BCUT2D eigenvalue weighted by atomic mass is 9.48. The van der Waals surface area contributed by atoms with Gasteiger partial charge in [-0.15, -0.1) is 0 Å². The molecule has 1 aromatic heterocycles. The van der Waals surface area contributed by atoms with E-state index in [0.717, 1.165) is 135 Å². The summed E-state index contributed by atoms with van der Waals surface area (Å²) in [5.41, 5.74) is 1.64. The first-order valence-electron chi connectivity index (χ1n) is 54.1. The van der Waals surface area contributed by atoms with Crippen LogP contribution in [0.4, 0.5) is 28.8 Å². The maximum atomic E-state index is 13.9. The summed E-state index contributed by atoms with van der Waals surface area (Å²) in [5.74, 6) is 5.75. The van der Waals surface area contributed by atoms with Crippen LogP contribution in [-0.2, 0) is 28.4 Å². The van der Waals surface area contributed by atoms with Crippen molar-refractivity contribution in [2.45, 2.75) is 479 Å². The van der Waals surface area contributed by atoms with Crippen molar-refractivity contribution in [1.82, 2.24) is 34.5 Å². The van der Waals surface area contributed by atoms with Crippen LogP contribution in [0.15, 0.2) is 91.0 Å². The molecule has 9 fully saturated rings. The summed E-state index contributed by atoms with van der Waals surface area (Å²) in [6, 6.07) is 29.4. The topological polar surface area (TPSA) is 241 Å². The Kier molecular flexibility index (Phi) is 50.7. The number of nitrogens with zero attached hydrogens (tertiary/aromatic N) is 6. The average molecular weight is 1900 g/mol. The molecule has 1 atom stereocenters. The summed E-state index contributed by atoms with van der Waals surface area (Å²) >= 11 is 0. The van der Waals surface area contributed by atoms with Crippen molar-refractivity contribution in [1.29, 1.82) is 0 Å². The van der Waals surface area contributed by atoms with E-state index >= 15 is 0 Å². The number of imidazole rings is 1. The molecular formula is C115H193N7O14. The Bertz CT molecular complexity index is 3870. The Labute approximate surface area is 825 Å². The van der Waals surface area contributed by atoms with Gasteiger partial charge in [0, 0.05) is 67.0 Å². The molecule has 772 valence electrons. The van der Waals surface area contributed by atoms with Crippen LogP contribution < -0.4 is 5.32 Å². The quantitative estimate of drug-likeness (QED) is 0.0276. The molecule has 9 aliphatic rings. The van der Waals surface area contributed by atoms with E-state index in [2.05, 4.69) is 44.8 Å². The van der Waals surface area contributed by atoms with Crippen LogP contribution in [0.25, 0.3) is 33.9 Å². The molecule has 3 aromatic carbocycles. The first-order valence-corrected chi connectivity index (χ1v) is 54.1. The maximum absolute atomic E-state index is 13.9. The third-order valence-electron chi connectivity index (χ3n) is 27.4. The summed E-state index contributed by atoms with van der Waals surface area (Å²) in [6.07, 6.45) is 53.2. The largest absolute Gasteiger partial charge is 0.444 e. The highest BCUT2D eigenvalue weighted by molar-refractivity contribution is 5.91. The van der Waals surface area contributed by atoms with Crippen LogP contribution in [0, 0.1) is 35.5 Å². The van der Waals surface area contributed by atoms with Crippen LogP contribution in [0.1, 0.15) is 428 Å². The number of ether oxygens (including phenoxy) is 6. The van der Waals surface area contributed by atoms with Crippen molar-refractivity contribution in [3.8, 4) is 33.9 Å². The van der Waals surface area contributed by atoms with E-state index in [9.17, 15) is 28.8 Å². The van der Waals surface area contributed by atoms with Gasteiger partial charge in [-0.1, -0.05) is 280 Å². The Balaban J connectivity index is 0.000000258. The Hall–Kier alpha value is -7.39. The van der Waals surface area contributed by atoms with Gasteiger partial charge in [-0.3, -0.25) is 4.90 Å². The van der Waals surface area contributed by atoms with E-state index in [-0.39, 0.29) is 66.9 Å². The Morgan fingerprint density at radius 2 is 0.706 bits per heavy atom. The molecule has 2 heterocycles. The van der Waals surface area contributed by atoms with Gasteiger partial charge in [-0.25, -0.2) is 38.3 Å². The van der Waals surface area contributed by atoms with Crippen LogP contribution in [-0.4, -0.2) is 179 Å². The zero-order chi connectivity index (χ0) is 100. The smallest absolute Gasteiger partial charge is 0.420 e. The van der Waals surface area contributed by atoms with Gasteiger partial charge in [-0.2, -0.15) is 0 Å². The summed E-state index contributed by atoms with van der Waals surface area (Å²) < 4.78 is 35.0. The monoisotopic (exact) mass is 1900 g/mol. The fraction of sp³-hybridized carbons (Fsp3) is 0.765. The third kappa shape index (κ3) is 43.0. The minimum Gasteiger partial charge on any atom is -0.444 e. The van der Waals surface area contributed by atoms with Crippen molar-refractivity contribution >= 4 is 36.6 Å². The molecule has 8 bridgehead atoms. The maximum Gasteiger partial charge on any atom is 0.420 e. The van der Waals surface area contributed by atoms with Gasteiger partial charge < -0.3 is 58.7 Å². The van der Waals surface area contributed by atoms with Crippen LogP contribution in [0.5, 0.6) is 0 Å². The fourth-order valence-electron chi connectivity index (χ4n) is 21.6. The van der Waals surface area contributed by atoms with Gasteiger partial charge in [0.05, 0.1) is 30.6 Å². The lowest BCUT2D eigenvalue weighted by Crippen LogP contribution is -2.72. The van der Waals surface area contributed by atoms with Gasteiger partial charge in [0.2, 0.25) is 0 Å². The number of aromatic nitrogens is 2. The second-order valence-corrected chi connectivity index (χ2v) is 46.4. The number of aliphatic hydroxyl groups is 2. The number of rotatable bonds is 42. The minimum atomic E-state index is -0.629. The molecule has 1 unspecified atom stereocenters. The summed E-state index contributed by atoms with van der Waals surface area (Å²) in [7, 11) is 0. The molecule has 13 rings (SSSR count). The van der Waals surface area contributed by atoms with Crippen molar-refractivity contribution in [2.75, 3.05) is 52.5 Å². The number of unbranched alkanes of at least 4 members (excludes halogenated alkanes) is 24. The first-order chi connectivity index (χ1) is 64.4. The number of alkyl carbamates (subject to hydrolysis) is 1. The summed E-state index contributed by atoms with van der Waals surface area (Å²) in [4.78, 5) is 87.7. The normalized spacial score (nSPS) is 20.7. The van der Waals surface area contributed by atoms with Crippen LogP contribution >= 0.6 is 0 Å². The molecular weight excluding hydrogens is 1700 g/mol. The fourth-order valence-corrected chi connectivity index (χ4v) is 21.6. The Morgan fingerprint density at radius 1 is 0.390 bits per heavy atom. The van der Waals surface area contributed by atoms with Gasteiger partial charge in [-0.05, 0) is 275 Å². The van der Waals surface area contributed by atoms with Gasteiger partial charge in [0.25, 0.3) is 0 Å². The van der Waals surface area contributed by atoms with E-state index in [1.54, 1.807) is 30.2 Å². The number of aliphatic hydroxyl groups excluding tert-OH is 2. The number of nitrogens with one attached hydrogen (secondary N) is 1. The van der Waals surface area contributed by atoms with Crippen molar-refractivity contribution in [2.24, 2.45) is 35.5 Å². The molecule has 8 aliphatic carbocycles. The van der Waals surface area contributed by atoms with Gasteiger partial charge in [0.1, 0.15) is 33.6 Å². The van der Waals surface area contributed by atoms with Crippen molar-refractivity contribution in [3.63, 3.8) is 0 Å². The van der Waals surface area contributed by atoms with Gasteiger partial charge in [0.15, 0.2) is 5.82 Å². The molecule has 3 N–H and O–H groups in total. The molecule has 8 saturated carbocycles. The molecule has 4 aromatic rings. The molecule has 0 spiro atoms. The van der Waals surface area contributed by atoms with Crippen LogP contribution in [0.3, 0.4) is 0 Å². The molecule has 1 saturated heterocycles. The second-order valence-electron chi connectivity index (χ2n) is 46.4. The molecule has 21 heteroatoms. The molecule has 136 heavy (non-hydrogen) atoms. The number of carbonyl (C=O) groups is 6. The summed E-state index contributed by atoms with van der Waals surface area (Å²) in [6.45, 7) is 47.8. The lowest BCUT2D eigenvalue weighted by Gasteiger charge is -2.68. The Morgan fingerprint density at radius 3 is 1.04 bits per heavy atom. The first kappa shape index (κ1) is 117. The average Bonchev–Trinajstić information content (AvgIpc) is 0.782. The van der Waals surface area contributed by atoms with Gasteiger partial charge >= 0.3 is 36.6 Å². The minimum absolute atomic E-state index is 0.0270. The number of amides is 5. The predicted octanol–water partition coefficient (Wildman–Crippen LogP) is 30.5. The van der Waals surface area contributed by atoms with E-state index in [0.29, 0.717) is 12.4 Å². The molecule has 21 nitrogen and oxygen atoms in total. The predicted molar refractivity (Wildman–Crippen MR) is 557 cm³/mol. The van der Waals surface area contributed by atoms with E-state index in [1.165, 1.54) is 231 Å². The molecule has 0 radical (unpaired) electrons. The zero-order valence-electron chi connectivity index (χ0n) is 89.7. The number of hydrogen-bond acceptors (Lipinski definition) is 15. The van der Waals surface area contributed by atoms with E-state index in [1.807, 2.05) is 198 Å². The van der Waals surface area contributed by atoms with Crippen molar-refractivity contribution < 1.29 is 67.4 Å². The zero-order valence-corrected chi connectivity index (χ0v) is 89.7. The van der Waals surface area contributed by atoms with Crippen molar-refractivity contribution in [3.05, 3.63) is 91.0 Å². The second kappa shape index (κ2) is 58.7. The number of hydrogen-bond donors (Lipinski definition) is 3. The lowest BCUT2D eigenvalue weighted by molar-refractivity contribution is -0.168. The highest BCUT2D eigenvalue weighted by Crippen LogP contribution is 2.65. The SMILES string of the molecule is CC(C)(C)OC(=O)N(C12CC3CC(CC(C3)C1)C2)C12CC3CC(CC(C3)C1)C2.CC(C)(C)OC(=O)N1CCCC1CO.CC(C)(C)OC(=O)NCCO.CC(C)(C)OC(=O)n1c(-c2ccccc2)nc(-c2ccccc2)c1-c1ccccc1.CCCCCCCCCCN(CCCCCCCCCC)C(=O)OC(C)(C)CC.CCCCCCCCN(CCCCCCCC)C(=O)OC(C)(C)C. The van der Waals surface area contributed by atoms with E-state index < -0.39 is 40.2 Å². The highest BCUT2D eigenvalue weighted by atomic mass is 16.6. The summed E-state index contributed by atoms with van der Waals surface area (Å²) in [5, 5.41) is 19.8. The number of likely N-dealkylation sites (tertiary alicyclic amines) is 1. The van der Waals surface area contributed by atoms with Crippen LogP contribution in [0.2, 0.25) is 0 Å². The standard InChI is InChI=1S/C26H24N2O2.C26H53NO2.C25H39NO2.C21H43NO2.C10H19NO3.C7H15NO3/c1-26(2,3)30-25(29)28-23(20-15-9-5-10-16-20)22(19-13-7-4-8-14-19)27-24(28)21-17-11-6-12-18-21;1-6-9-11-13-15-17-19-21-23-27(25(28)29-26(4,5)8-3)24-22-20-18-16-14-12-10-7-2;1-23(2,3)28-22(27)26(24-10-16-4-17(11-24)6-18(5-16)12-24)25-13-19-7-20(14-25)9-21(8-19)15-25;1-6-8-10-12-14-16-18-22(20(23)24-21(3,4)5)19-17-15-13-11-9-7-2;1-10(2,3)14-9(13)11-6-4-5-8(11)7-12;1-7(2,3)11-6(10)8-4-5-9/h4-18H,1-3H3;6-24H2,1-5H3;16-21H,4-15H2,1-3H3;6-19H2,1-5H3;8,12H,4-7H2,1-3H3;9H,4-5H2,1-3H3,(H,8,10). The highest BCUT2D eigenvalue weighted by Gasteiger charge is 2.64. The van der Waals surface area contributed by atoms with E-state index in [4.69, 9.17) is 43.6 Å². The number of benzene rings is 3. The molecule has 5 amide bonds. The number of carbonyl (C=O) groups excluding carboxylic acids is 6. The third-order valence-corrected chi connectivity index (χ3v) is 27.4.